The highest BCUT2D eigenvalue weighted by atomic mass is 16.5. The van der Waals surface area contributed by atoms with Gasteiger partial charge in [-0.05, 0) is 55.2 Å². The molecule has 5 heteroatoms. The maximum absolute atomic E-state index is 13.2. The number of carbonyl (C=O) groups is 1. The van der Waals surface area contributed by atoms with Crippen LogP contribution in [0.3, 0.4) is 0 Å². The van der Waals surface area contributed by atoms with Gasteiger partial charge in [-0.3, -0.25) is 4.79 Å². The zero-order valence-corrected chi connectivity index (χ0v) is 19.9. The van der Waals surface area contributed by atoms with Gasteiger partial charge in [-0.15, -0.1) is 12.3 Å². The third kappa shape index (κ3) is 5.91. The smallest absolute Gasteiger partial charge is 0.274 e. The lowest BCUT2D eigenvalue weighted by atomic mass is 10.0. The van der Waals surface area contributed by atoms with Crippen molar-refractivity contribution < 1.29 is 9.53 Å². The van der Waals surface area contributed by atoms with Crippen molar-refractivity contribution >= 4 is 11.6 Å². The van der Waals surface area contributed by atoms with Gasteiger partial charge in [-0.1, -0.05) is 39.8 Å². The Bertz CT molecular complexity index is 995. The van der Waals surface area contributed by atoms with Crippen molar-refractivity contribution in [1.82, 2.24) is 14.7 Å². The molecule has 0 radical (unpaired) electrons. The van der Waals surface area contributed by atoms with E-state index in [0.29, 0.717) is 25.2 Å². The SMILES string of the molecule is C#CCCN(CCC)C(=O)c1cc(CCC)n(/C(=C\C=C)c2ccc(OC)c(CC)c2)n1. The maximum Gasteiger partial charge on any atom is 0.274 e. The third-order valence-corrected chi connectivity index (χ3v) is 5.28. The van der Waals surface area contributed by atoms with Crippen LogP contribution < -0.4 is 4.74 Å². The van der Waals surface area contributed by atoms with Gasteiger partial charge in [0.05, 0.1) is 12.8 Å². The summed E-state index contributed by atoms with van der Waals surface area (Å²) in [5, 5.41) is 4.76. The number of aromatic nitrogens is 2. The highest BCUT2D eigenvalue weighted by Gasteiger charge is 2.21. The Morgan fingerprint density at radius 3 is 2.62 bits per heavy atom. The normalized spacial score (nSPS) is 11.2. The molecule has 2 rings (SSSR count). The molecular formula is C27H35N3O2. The Morgan fingerprint density at radius 2 is 2.03 bits per heavy atom. The lowest BCUT2D eigenvalue weighted by Crippen LogP contribution is -2.33. The average Bonchev–Trinajstić information content (AvgIpc) is 3.23. The highest BCUT2D eigenvalue weighted by Crippen LogP contribution is 2.27. The molecule has 0 N–H and O–H groups in total. The molecule has 1 aromatic carbocycles. The minimum absolute atomic E-state index is 0.0832. The third-order valence-electron chi connectivity index (χ3n) is 5.28. The Labute approximate surface area is 192 Å². The van der Waals surface area contributed by atoms with Crippen molar-refractivity contribution in [3.63, 3.8) is 0 Å². The zero-order chi connectivity index (χ0) is 23.5. The first kappa shape index (κ1) is 25.0. The second-order valence-corrected chi connectivity index (χ2v) is 7.60. The van der Waals surface area contributed by atoms with Crippen molar-refractivity contribution in [3.8, 4) is 18.1 Å². The van der Waals surface area contributed by atoms with Crippen LogP contribution in [-0.4, -0.2) is 40.8 Å². The molecule has 5 nitrogen and oxygen atoms in total. The Kier molecular flexibility index (Phi) is 9.81. The molecule has 0 saturated heterocycles. The van der Waals surface area contributed by atoms with E-state index >= 15 is 0 Å². The van der Waals surface area contributed by atoms with Crippen LogP contribution in [0.5, 0.6) is 5.75 Å². The van der Waals surface area contributed by atoms with Gasteiger partial charge in [0.25, 0.3) is 5.91 Å². The van der Waals surface area contributed by atoms with Gasteiger partial charge in [-0.25, -0.2) is 4.68 Å². The minimum Gasteiger partial charge on any atom is -0.496 e. The number of hydrogen-bond acceptors (Lipinski definition) is 3. The van der Waals surface area contributed by atoms with E-state index in [1.165, 1.54) is 0 Å². The van der Waals surface area contributed by atoms with Gasteiger partial charge in [0.2, 0.25) is 0 Å². The van der Waals surface area contributed by atoms with Crippen LogP contribution in [0.1, 0.15) is 67.3 Å². The first-order chi connectivity index (χ1) is 15.5. The molecule has 0 unspecified atom stereocenters. The van der Waals surface area contributed by atoms with Crippen LogP contribution in [0.2, 0.25) is 0 Å². The minimum atomic E-state index is -0.0832. The summed E-state index contributed by atoms with van der Waals surface area (Å²) in [6, 6.07) is 8.01. The largest absolute Gasteiger partial charge is 0.496 e. The van der Waals surface area contributed by atoms with E-state index in [9.17, 15) is 4.79 Å². The lowest BCUT2D eigenvalue weighted by molar-refractivity contribution is 0.0753. The summed E-state index contributed by atoms with van der Waals surface area (Å²) in [5.41, 5.74) is 4.43. The number of nitrogens with zero attached hydrogens (tertiary/aromatic N) is 3. The van der Waals surface area contributed by atoms with Crippen molar-refractivity contribution in [2.75, 3.05) is 20.2 Å². The van der Waals surface area contributed by atoms with Crippen molar-refractivity contribution in [3.05, 3.63) is 65.5 Å². The van der Waals surface area contributed by atoms with Crippen LogP contribution >= 0.6 is 0 Å². The van der Waals surface area contributed by atoms with Crippen molar-refractivity contribution in [1.29, 1.82) is 0 Å². The maximum atomic E-state index is 13.2. The van der Waals surface area contributed by atoms with Gasteiger partial charge in [0.1, 0.15) is 5.75 Å². The molecule has 0 aliphatic heterocycles. The Balaban J connectivity index is 2.55. The molecule has 1 amide bonds. The fourth-order valence-electron chi connectivity index (χ4n) is 3.73. The van der Waals surface area contributed by atoms with Crippen molar-refractivity contribution in [2.24, 2.45) is 0 Å². The van der Waals surface area contributed by atoms with E-state index in [1.54, 1.807) is 18.1 Å². The van der Waals surface area contributed by atoms with Gasteiger partial charge in [0, 0.05) is 30.8 Å². The van der Waals surface area contributed by atoms with Crippen LogP contribution in [0.25, 0.3) is 5.70 Å². The number of hydrogen-bond donors (Lipinski definition) is 0. The highest BCUT2D eigenvalue weighted by molar-refractivity contribution is 5.92. The molecule has 0 atom stereocenters. The van der Waals surface area contributed by atoms with Gasteiger partial charge in [0.15, 0.2) is 5.69 Å². The number of terminal acetylenes is 1. The van der Waals surface area contributed by atoms with E-state index < -0.39 is 0 Å². The predicted octanol–water partition coefficient (Wildman–Crippen LogP) is 5.36. The zero-order valence-electron chi connectivity index (χ0n) is 19.9. The van der Waals surface area contributed by atoms with E-state index in [2.05, 4.69) is 39.3 Å². The quantitative estimate of drug-likeness (QED) is 0.334. The summed E-state index contributed by atoms with van der Waals surface area (Å²) in [6.45, 7) is 11.4. The second-order valence-electron chi connectivity index (χ2n) is 7.60. The van der Waals surface area contributed by atoms with E-state index in [4.69, 9.17) is 16.3 Å². The predicted molar refractivity (Wildman–Crippen MR) is 132 cm³/mol. The van der Waals surface area contributed by atoms with Crippen molar-refractivity contribution in [2.45, 2.75) is 52.9 Å². The van der Waals surface area contributed by atoms with Crippen LogP contribution in [-0.2, 0) is 12.8 Å². The molecule has 32 heavy (non-hydrogen) atoms. The number of ether oxygens (including phenoxy) is 1. The molecule has 0 aliphatic carbocycles. The monoisotopic (exact) mass is 433 g/mol. The number of allylic oxidation sites excluding steroid dienone is 2. The number of benzene rings is 1. The van der Waals surface area contributed by atoms with E-state index in [0.717, 1.165) is 54.0 Å². The summed E-state index contributed by atoms with van der Waals surface area (Å²) < 4.78 is 7.37. The van der Waals surface area contributed by atoms with E-state index in [-0.39, 0.29) is 5.91 Å². The fourth-order valence-corrected chi connectivity index (χ4v) is 3.73. The molecule has 0 spiro atoms. The average molecular weight is 434 g/mol. The number of methoxy groups -OCH3 is 1. The van der Waals surface area contributed by atoms with E-state index in [1.807, 2.05) is 29.0 Å². The molecule has 2 aromatic rings. The summed E-state index contributed by atoms with van der Waals surface area (Å²) in [6.07, 6.45) is 13.1. The summed E-state index contributed by atoms with van der Waals surface area (Å²) >= 11 is 0. The Morgan fingerprint density at radius 1 is 1.25 bits per heavy atom. The topological polar surface area (TPSA) is 47.4 Å². The van der Waals surface area contributed by atoms with Gasteiger partial charge in [-0.2, -0.15) is 5.10 Å². The summed E-state index contributed by atoms with van der Waals surface area (Å²) in [7, 11) is 1.68. The molecule has 0 bridgehead atoms. The van der Waals surface area contributed by atoms with Crippen LogP contribution in [0.4, 0.5) is 0 Å². The van der Waals surface area contributed by atoms with Crippen LogP contribution in [0, 0.1) is 12.3 Å². The molecular weight excluding hydrogens is 398 g/mol. The van der Waals surface area contributed by atoms with Gasteiger partial charge < -0.3 is 9.64 Å². The van der Waals surface area contributed by atoms with Crippen LogP contribution in [0.15, 0.2) is 43.0 Å². The first-order valence-corrected chi connectivity index (χ1v) is 11.4. The first-order valence-electron chi connectivity index (χ1n) is 11.4. The standard InChI is InChI=1S/C27H35N3O2/c1-7-12-18-29(17-10-4)27(31)24-20-23(13-8-2)30(28-24)25(14-9-3)22-15-16-26(32-6)21(11-5)19-22/h1,9,14-16,19-20H,3,8,10-13,17-18H2,2,4-6H3/b25-14-. The molecule has 170 valence electrons. The molecule has 1 aromatic heterocycles. The number of rotatable bonds is 12. The lowest BCUT2D eigenvalue weighted by Gasteiger charge is -2.19. The second kappa shape index (κ2) is 12.6. The molecule has 0 aliphatic rings. The fraction of sp³-hybridized carbons (Fsp3) is 0.407. The molecule has 1 heterocycles. The van der Waals surface area contributed by atoms with Gasteiger partial charge >= 0.3 is 0 Å². The summed E-state index contributed by atoms with van der Waals surface area (Å²) in [4.78, 5) is 15.0. The number of amides is 1. The summed E-state index contributed by atoms with van der Waals surface area (Å²) in [5.74, 6) is 3.41. The number of carbonyl (C=O) groups excluding carboxylic acids is 1. The molecule has 0 saturated carbocycles. The molecule has 0 fully saturated rings. The number of aryl methyl sites for hydroxylation is 2. The Hall–Kier alpha value is -3.26.